The van der Waals surface area contributed by atoms with Gasteiger partial charge in [-0.25, -0.2) is 12.8 Å². The number of hydrogen-bond acceptors (Lipinski definition) is 3. The van der Waals surface area contributed by atoms with E-state index < -0.39 is 20.6 Å². The molecule has 0 heterocycles. The first-order chi connectivity index (χ1) is 6.83. The molecule has 0 N–H and O–H groups in total. The standard InChI is InChI=1S/C8H7Cl2FO3S/c1-14-7-3-5(4-15(10,12)13)2-6(9)8(7)11/h2-3H,4H2,1H3. The van der Waals surface area contributed by atoms with Crippen LogP contribution in [-0.2, 0) is 14.8 Å². The third-order valence-electron chi connectivity index (χ3n) is 1.61. The normalized spacial score (nSPS) is 11.5. The van der Waals surface area contributed by atoms with Gasteiger partial charge in [0.05, 0.1) is 17.9 Å². The van der Waals surface area contributed by atoms with E-state index in [0.29, 0.717) is 0 Å². The molecule has 0 aliphatic heterocycles. The highest BCUT2D eigenvalue weighted by molar-refractivity contribution is 8.13. The molecule has 15 heavy (non-hydrogen) atoms. The van der Waals surface area contributed by atoms with Gasteiger partial charge < -0.3 is 4.74 Å². The van der Waals surface area contributed by atoms with Crippen LogP contribution in [0.4, 0.5) is 4.39 Å². The predicted molar refractivity (Wildman–Crippen MR) is 56.4 cm³/mol. The van der Waals surface area contributed by atoms with Crippen LogP contribution in [0.5, 0.6) is 5.75 Å². The van der Waals surface area contributed by atoms with E-state index in [1.807, 2.05) is 0 Å². The minimum atomic E-state index is -3.70. The maximum atomic E-state index is 13.2. The van der Waals surface area contributed by atoms with Crippen LogP contribution >= 0.6 is 22.3 Å². The maximum absolute atomic E-state index is 13.2. The van der Waals surface area contributed by atoms with Crippen LogP contribution in [-0.4, -0.2) is 15.5 Å². The smallest absolute Gasteiger partial charge is 0.236 e. The van der Waals surface area contributed by atoms with Crippen LogP contribution in [0.1, 0.15) is 5.56 Å². The van der Waals surface area contributed by atoms with Crippen LogP contribution < -0.4 is 4.74 Å². The lowest BCUT2D eigenvalue weighted by atomic mass is 10.2. The van der Waals surface area contributed by atoms with E-state index in [2.05, 4.69) is 4.74 Å². The molecule has 0 radical (unpaired) electrons. The van der Waals surface area contributed by atoms with Crippen molar-refractivity contribution in [3.05, 3.63) is 28.5 Å². The molecule has 1 aromatic rings. The molecule has 0 unspecified atom stereocenters. The van der Waals surface area contributed by atoms with Crippen LogP contribution in [0.15, 0.2) is 12.1 Å². The fraction of sp³-hybridized carbons (Fsp3) is 0.250. The Hall–Kier alpha value is -0.520. The Morgan fingerprint density at radius 1 is 1.47 bits per heavy atom. The van der Waals surface area contributed by atoms with E-state index in [1.165, 1.54) is 19.2 Å². The van der Waals surface area contributed by atoms with Crippen molar-refractivity contribution in [1.82, 2.24) is 0 Å². The molecule has 0 atom stereocenters. The summed E-state index contributed by atoms with van der Waals surface area (Å²) in [4.78, 5) is 0. The van der Waals surface area contributed by atoms with E-state index in [0.717, 1.165) is 0 Å². The highest BCUT2D eigenvalue weighted by Gasteiger charge is 2.13. The summed E-state index contributed by atoms with van der Waals surface area (Å²) in [5.74, 6) is -1.27. The van der Waals surface area contributed by atoms with Gasteiger partial charge in [0, 0.05) is 10.7 Å². The number of halogens is 3. The van der Waals surface area contributed by atoms with Crippen molar-refractivity contribution in [3.63, 3.8) is 0 Å². The molecule has 0 aliphatic carbocycles. The van der Waals surface area contributed by atoms with E-state index in [1.54, 1.807) is 0 Å². The maximum Gasteiger partial charge on any atom is 0.236 e. The molecular weight excluding hydrogens is 266 g/mol. The second-order valence-corrected chi connectivity index (χ2v) is 5.96. The van der Waals surface area contributed by atoms with Crippen molar-refractivity contribution < 1.29 is 17.5 Å². The summed E-state index contributed by atoms with van der Waals surface area (Å²) < 4.78 is 39.4. The molecule has 1 aromatic carbocycles. The third kappa shape index (κ3) is 3.52. The zero-order valence-corrected chi connectivity index (χ0v) is 9.96. The lowest BCUT2D eigenvalue weighted by molar-refractivity contribution is 0.386. The molecule has 0 bridgehead atoms. The lowest BCUT2D eigenvalue weighted by Crippen LogP contribution is -1.98. The summed E-state index contributed by atoms with van der Waals surface area (Å²) in [5.41, 5.74) is 0.272. The Labute approximate surface area is 96.2 Å². The Kier molecular flexibility index (Phi) is 3.81. The Bertz CT molecular complexity index is 473. The SMILES string of the molecule is COc1cc(CS(=O)(=O)Cl)cc(Cl)c1F. The largest absolute Gasteiger partial charge is 0.494 e. The summed E-state index contributed by atoms with van der Waals surface area (Å²) in [6.07, 6.45) is 0. The summed E-state index contributed by atoms with van der Waals surface area (Å²) in [7, 11) is 2.61. The van der Waals surface area contributed by atoms with Crippen LogP contribution in [0.25, 0.3) is 0 Å². The van der Waals surface area contributed by atoms with Gasteiger partial charge in [-0.05, 0) is 17.7 Å². The van der Waals surface area contributed by atoms with E-state index >= 15 is 0 Å². The Morgan fingerprint density at radius 2 is 2.07 bits per heavy atom. The highest BCUT2D eigenvalue weighted by atomic mass is 35.7. The van der Waals surface area contributed by atoms with Crippen molar-refractivity contribution in [2.45, 2.75) is 5.75 Å². The number of hydrogen-bond donors (Lipinski definition) is 0. The fourth-order valence-electron chi connectivity index (χ4n) is 1.05. The van der Waals surface area contributed by atoms with Gasteiger partial charge in [0.25, 0.3) is 0 Å². The average Bonchev–Trinajstić information content (AvgIpc) is 2.08. The van der Waals surface area contributed by atoms with Gasteiger partial charge >= 0.3 is 0 Å². The minimum absolute atomic E-state index is 0.113. The van der Waals surface area contributed by atoms with Crippen molar-refractivity contribution >= 4 is 31.3 Å². The molecule has 0 spiro atoms. The summed E-state index contributed by atoms with van der Waals surface area (Å²) in [6.45, 7) is 0. The molecule has 1 rings (SSSR count). The zero-order valence-electron chi connectivity index (χ0n) is 7.63. The van der Waals surface area contributed by atoms with E-state index in [9.17, 15) is 12.8 Å². The number of ether oxygens (including phenoxy) is 1. The quantitative estimate of drug-likeness (QED) is 0.795. The zero-order chi connectivity index (χ0) is 11.6. The molecule has 0 amide bonds. The van der Waals surface area contributed by atoms with Crippen LogP contribution in [0.2, 0.25) is 5.02 Å². The van der Waals surface area contributed by atoms with Gasteiger partial charge in [0.15, 0.2) is 11.6 Å². The second-order valence-electron chi connectivity index (χ2n) is 2.78. The van der Waals surface area contributed by atoms with Crippen LogP contribution in [0.3, 0.4) is 0 Å². The molecule has 3 nitrogen and oxygen atoms in total. The Balaban J connectivity index is 3.17. The van der Waals surface area contributed by atoms with Gasteiger partial charge in [0.2, 0.25) is 9.05 Å². The van der Waals surface area contributed by atoms with Gasteiger partial charge in [0.1, 0.15) is 0 Å². The van der Waals surface area contributed by atoms with Gasteiger partial charge in [-0.1, -0.05) is 11.6 Å². The second kappa shape index (κ2) is 4.55. The van der Waals surface area contributed by atoms with E-state index in [-0.39, 0.29) is 16.3 Å². The van der Waals surface area contributed by atoms with Gasteiger partial charge in [-0.15, -0.1) is 0 Å². The molecule has 0 aliphatic rings. The first-order valence-electron chi connectivity index (χ1n) is 3.77. The van der Waals surface area contributed by atoms with Crippen molar-refractivity contribution in [2.75, 3.05) is 7.11 Å². The topological polar surface area (TPSA) is 43.4 Å². The fourth-order valence-corrected chi connectivity index (χ4v) is 2.22. The van der Waals surface area contributed by atoms with Crippen LogP contribution in [0, 0.1) is 5.82 Å². The van der Waals surface area contributed by atoms with Crippen molar-refractivity contribution in [1.29, 1.82) is 0 Å². The molecule has 84 valence electrons. The van der Waals surface area contributed by atoms with Crippen molar-refractivity contribution in [3.8, 4) is 5.75 Å². The predicted octanol–water partition coefficient (Wildman–Crippen LogP) is 2.56. The van der Waals surface area contributed by atoms with Crippen molar-refractivity contribution in [2.24, 2.45) is 0 Å². The molecule has 0 fully saturated rings. The molecular formula is C8H7Cl2FO3S. The Morgan fingerprint density at radius 3 is 2.53 bits per heavy atom. The first kappa shape index (κ1) is 12.5. The highest BCUT2D eigenvalue weighted by Crippen LogP contribution is 2.27. The van der Waals surface area contributed by atoms with E-state index in [4.69, 9.17) is 22.3 Å². The average molecular weight is 273 g/mol. The number of benzene rings is 1. The van der Waals surface area contributed by atoms with Gasteiger partial charge in [-0.3, -0.25) is 0 Å². The number of methoxy groups -OCH3 is 1. The first-order valence-corrected chi connectivity index (χ1v) is 6.63. The summed E-state index contributed by atoms with van der Waals surface area (Å²) >= 11 is 5.53. The summed E-state index contributed by atoms with van der Waals surface area (Å²) in [6, 6.07) is 2.43. The molecule has 7 heteroatoms. The summed E-state index contributed by atoms with van der Waals surface area (Å²) in [5, 5.41) is -0.204. The molecule has 0 aromatic heterocycles. The number of rotatable bonds is 3. The molecule has 0 saturated carbocycles. The third-order valence-corrected chi connectivity index (χ3v) is 2.89. The monoisotopic (exact) mass is 272 g/mol. The van der Waals surface area contributed by atoms with Gasteiger partial charge in [-0.2, -0.15) is 0 Å². The minimum Gasteiger partial charge on any atom is -0.494 e. The lowest BCUT2D eigenvalue weighted by Gasteiger charge is -2.06. The molecule has 0 saturated heterocycles.